The molecule has 0 heterocycles. The second kappa shape index (κ2) is 3.74. The number of nitrogens with two attached hydrogens (primary N) is 1. The van der Waals surface area contributed by atoms with Crippen molar-refractivity contribution in [2.45, 2.75) is 50.5 Å². The normalized spacial score (nSPS) is 43.8. The Bertz CT molecular complexity index is 237. The lowest BCUT2D eigenvalue weighted by atomic mass is 9.81. The van der Waals surface area contributed by atoms with E-state index in [9.17, 15) is 0 Å². The Morgan fingerprint density at radius 1 is 1.20 bits per heavy atom. The number of rotatable bonds is 5. The van der Waals surface area contributed by atoms with Crippen LogP contribution < -0.4 is 11.1 Å². The first kappa shape index (κ1) is 10.1. The molecule has 3 atom stereocenters. The number of hydrogen-bond acceptors (Lipinski definition) is 2. The van der Waals surface area contributed by atoms with Gasteiger partial charge in [-0.3, -0.25) is 0 Å². The zero-order chi connectivity index (χ0) is 10.3. The summed E-state index contributed by atoms with van der Waals surface area (Å²) in [6.07, 6.45) is 10.0. The van der Waals surface area contributed by atoms with Crippen molar-refractivity contribution in [3.63, 3.8) is 0 Å². The highest BCUT2D eigenvalue weighted by Crippen LogP contribution is 2.50. The zero-order valence-electron chi connectivity index (χ0n) is 9.67. The molecule has 0 aromatic heterocycles. The van der Waals surface area contributed by atoms with Crippen molar-refractivity contribution in [1.29, 1.82) is 0 Å². The molecule has 2 nitrogen and oxygen atoms in total. The number of hydrogen-bond donors (Lipinski definition) is 2. The minimum atomic E-state index is 0.345. The van der Waals surface area contributed by atoms with Gasteiger partial charge in [-0.25, -0.2) is 0 Å². The topological polar surface area (TPSA) is 38.0 Å². The van der Waals surface area contributed by atoms with Crippen LogP contribution in [0.3, 0.4) is 0 Å². The largest absolute Gasteiger partial charge is 0.329 e. The van der Waals surface area contributed by atoms with Gasteiger partial charge in [0.15, 0.2) is 0 Å². The van der Waals surface area contributed by atoms with Gasteiger partial charge >= 0.3 is 0 Å². The lowest BCUT2D eigenvalue weighted by Gasteiger charge is -2.38. The molecule has 3 rings (SSSR count). The summed E-state index contributed by atoms with van der Waals surface area (Å²) in [6, 6.07) is 0. The number of fused-ring (bicyclic) bond motifs is 2. The van der Waals surface area contributed by atoms with E-state index >= 15 is 0 Å². The molecule has 86 valence electrons. The Labute approximate surface area is 93.0 Å². The average Bonchev–Trinajstić information content (AvgIpc) is 2.86. The summed E-state index contributed by atoms with van der Waals surface area (Å²) in [5.41, 5.74) is 6.37. The maximum Gasteiger partial charge on any atom is 0.0335 e. The van der Waals surface area contributed by atoms with Crippen molar-refractivity contribution in [2.75, 3.05) is 13.1 Å². The summed E-state index contributed by atoms with van der Waals surface area (Å²) < 4.78 is 0. The molecule has 0 spiro atoms. The van der Waals surface area contributed by atoms with Crippen LogP contribution in [0, 0.1) is 17.8 Å². The van der Waals surface area contributed by atoms with Crippen LogP contribution in [0.1, 0.15) is 44.9 Å². The van der Waals surface area contributed by atoms with Gasteiger partial charge in [0.2, 0.25) is 0 Å². The molecule has 15 heavy (non-hydrogen) atoms. The van der Waals surface area contributed by atoms with Crippen LogP contribution in [0.2, 0.25) is 0 Å². The standard InChI is InChI=1S/C13H24N2/c14-9-13(15-6-5-10-1-2-10)8-11-3-4-12(13)7-11/h10-12,15H,1-9,14H2. The van der Waals surface area contributed by atoms with Crippen LogP contribution >= 0.6 is 0 Å². The van der Waals surface area contributed by atoms with Crippen LogP contribution in [0.5, 0.6) is 0 Å². The highest BCUT2D eigenvalue weighted by molar-refractivity contribution is 5.07. The molecule has 3 aliphatic rings. The molecule has 0 aromatic rings. The lowest BCUT2D eigenvalue weighted by Crippen LogP contribution is -2.55. The summed E-state index contributed by atoms with van der Waals surface area (Å²) >= 11 is 0. The summed E-state index contributed by atoms with van der Waals surface area (Å²) in [7, 11) is 0. The van der Waals surface area contributed by atoms with E-state index < -0.39 is 0 Å². The van der Waals surface area contributed by atoms with E-state index in [0.717, 1.165) is 24.3 Å². The molecule has 0 aliphatic heterocycles. The fourth-order valence-corrected chi connectivity index (χ4v) is 3.91. The third kappa shape index (κ3) is 1.83. The molecule has 2 heteroatoms. The first-order valence-electron chi connectivity index (χ1n) is 6.77. The molecule has 3 aliphatic carbocycles. The average molecular weight is 208 g/mol. The fraction of sp³-hybridized carbons (Fsp3) is 1.00. The zero-order valence-corrected chi connectivity index (χ0v) is 9.67. The van der Waals surface area contributed by atoms with Crippen LogP contribution in [-0.4, -0.2) is 18.6 Å². The molecule has 3 N–H and O–H groups in total. The molecule has 0 radical (unpaired) electrons. The first-order chi connectivity index (χ1) is 7.32. The summed E-state index contributed by atoms with van der Waals surface area (Å²) in [5.74, 6) is 2.93. The number of nitrogens with one attached hydrogen (secondary N) is 1. The lowest BCUT2D eigenvalue weighted by molar-refractivity contribution is 0.214. The van der Waals surface area contributed by atoms with E-state index in [2.05, 4.69) is 5.32 Å². The third-order valence-electron chi connectivity index (χ3n) is 5.07. The first-order valence-corrected chi connectivity index (χ1v) is 6.77. The second-order valence-electron chi connectivity index (χ2n) is 6.10. The van der Waals surface area contributed by atoms with Crippen LogP contribution in [0.25, 0.3) is 0 Å². The molecule has 0 aromatic carbocycles. The Morgan fingerprint density at radius 3 is 2.60 bits per heavy atom. The van der Waals surface area contributed by atoms with E-state index in [1.165, 1.54) is 51.5 Å². The van der Waals surface area contributed by atoms with Gasteiger partial charge in [-0.2, -0.15) is 0 Å². The van der Waals surface area contributed by atoms with Gasteiger partial charge in [0.25, 0.3) is 0 Å². The maximum atomic E-state index is 6.03. The van der Waals surface area contributed by atoms with Crippen molar-refractivity contribution in [3.8, 4) is 0 Å². The highest BCUT2D eigenvalue weighted by Gasteiger charge is 2.49. The molecule has 2 bridgehead atoms. The fourth-order valence-electron chi connectivity index (χ4n) is 3.91. The minimum absolute atomic E-state index is 0.345. The third-order valence-corrected chi connectivity index (χ3v) is 5.07. The van der Waals surface area contributed by atoms with Gasteiger partial charge in [0.1, 0.15) is 0 Å². The Kier molecular flexibility index (Phi) is 2.52. The molecule has 0 amide bonds. The Morgan fingerprint density at radius 2 is 2.07 bits per heavy atom. The van der Waals surface area contributed by atoms with Gasteiger partial charge in [-0.15, -0.1) is 0 Å². The van der Waals surface area contributed by atoms with Gasteiger partial charge in [0.05, 0.1) is 0 Å². The smallest absolute Gasteiger partial charge is 0.0335 e. The van der Waals surface area contributed by atoms with Crippen LogP contribution in [0.4, 0.5) is 0 Å². The maximum absolute atomic E-state index is 6.03. The van der Waals surface area contributed by atoms with Crippen molar-refractivity contribution < 1.29 is 0 Å². The van der Waals surface area contributed by atoms with Gasteiger partial charge in [-0.1, -0.05) is 19.3 Å². The summed E-state index contributed by atoms with van der Waals surface area (Å²) in [4.78, 5) is 0. The Hall–Kier alpha value is -0.0800. The molecule has 3 fully saturated rings. The van der Waals surface area contributed by atoms with Crippen molar-refractivity contribution in [1.82, 2.24) is 5.32 Å². The quantitative estimate of drug-likeness (QED) is 0.724. The minimum Gasteiger partial charge on any atom is -0.329 e. The van der Waals surface area contributed by atoms with Gasteiger partial charge in [0, 0.05) is 12.1 Å². The predicted octanol–water partition coefficient (Wildman–Crippen LogP) is 1.89. The van der Waals surface area contributed by atoms with Crippen LogP contribution in [0.15, 0.2) is 0 Å². The van der Waals surface area contributed by atoms with E-state index in [-0.39, 0.29) is 0 Å². The van der Waals surface area contributed by atoms with E-state index in [1.807, 2.05) is 0 Å². The van der Waals surface area contributed by atoms with Gasteiger partial charge in [-0.05, 0) is 50.0 Å². The Balaban J connectivity index is 1.55. The monoisotopic (exact) mass is 208 g/mol. The summed E-state index contributed by atoms with van der Waals surface area (Å²) in [6.45, 7) is 2.07. The summed E-state index contributed by atoms with van der Waals surface area (Å²) in [5, 5.41) is 3.82. The van der Waals surface area contributed by atoms with Crippen molar-refractivity contribution in [3.05, 3.63) is 0 Å². The van der Waals surface area contributed by atoms with E-state index in [0.29, 0.717) is 5.54 Å². The molecule has 0 saturated heterocycles. The predicted molar refractivity (Wildman–Crippen MR) is 62.6 cm³/mol. The second-order valence-corrected chi connectivity index (χ2v) is 6.10. The molecular formula is C13H24N2. The highest BCUT2D eigenvalue weighted by atomic mass is 15.0. The SMILES string of the molecule is NCC1(NCCC2CC2)CC2CCC1C2. The van der Waals surface area contributed by atoms with Crippen LogP contribution in [-0.2, 0) is 0 Å². The van der Waals surface area contributed by atoms with Crippen molar-refractivity contribution in [2.24, 2.45) is 23.5 Å². The van der Waals surface area contributed by atoms with Gasteiger partial charge < -0.3 is 11.1 Å². The van der Waals surface area contributed by atoms with Crippen molar-refractivity contribution >= 4 is 0 Å². The molecular weight excluding hydrogens is 184 g/mol. The molecule has 3 saturated carbocycles. The molecule has 3 unspecified atom stereocenters. The van der Waals surface area contributed by atoms with E-state index in [1.54, 1.807) is 0 Å². The van der Waals surface area contributed by atoms with E-state index in [4.69, 9.17) is 5.73 Å².